The van der Waals surface area contributed by atoms with Gasteiger partial charge in [0.1, 0.15) is 12.4 Å². The number of nitrogens with one attached hydrogen (secondary N) is 1. The van der Waals surface area contributed by atoms with Crippen molar-refractivity contribution in [2.24, 2.45) is 0 Å². The van der Waals surface area contributed by atoms with E-state index < -0.39 is 11.6 Å². The molecule has 7 heteroatoms. The van der Waals surface area contributed by atoms with E-state index in [-0.39, 0.29) is 42.8 Å². The van der Waals surface area contributed by atoms with Gasteiger partial charge in [-0.15, -0.1) is 0 Å². The first-order valence-corrected chi connectivity index (χ1v) is 10.2. The lowest BCUT2D eigenvalue weighted by Gasteiger charge is -2.21. The summed E-state index contributed by atoms with van der Waals surface area (Å²) in [7, 11) is 0. The van der Waals surface area contributed by atoms with Gasteiger partial charge in [-0.2, -0.15) is 0 Å². The van der Waals surface area contributed by atoms with E-state index in [4.69, 9.17) is 4.74 Å². The van der Waals surface area contributed by atoms with E-state index >= 15 is 0 Å². The highest BCUT2D eigenvalue weighted by molar-refractivity contribution is 5.91. The molecule has 1 N–H and O–H groups in total. The molecule has 0 heterocycles. The molecule has 0 aliphatic heterocycles. The van der Waals surface area contributed by atoms with Crippen molar-refractivity contribution in [2.75, 3.05) is 11.9 Å². The minimum absolute atomic E-state index is 0.00197. The van der Waals surface area contributed by atoms with Crippen LogP contribution in [-0.4, -0.2) is 23.3 Å². The van der Waals surface area contributed by atoms with E-state index in [2.05, 4.69) is 5.32 Å². The summed E-state index contributed by atoms with van der Waals surface area (Å²) < 4.78 is 33.0. The number of hydrogen-bond donors (Lipinski definition) is 1. The van der Waals surface area contributed by atoms with Crippen LogP contribution in [0.25, 0.3) is 0 Å². The zero-order valence-corrected chi connectivity index (χ0v) is 17.7. The van der Waals surface area contributed by atoms with E-state index in [1.165, 1.54) is 31.2 Å². The molecule has 166 valence electrons. The van der Waals surface area contributed by atoms with Gasteiger partial charge in [0.2, 0.25) is 11.8 Å². The zero-order chi connectivity index (χ0) is 22.9. The fraction of sp³-hybridized carbons (Fsp3) is 0.200. The predicted molar refractivity (Wildman–Crippen MR) is 118 cm³/mol. The first-order valence-electron chi connectivity index (χ1n) is 10.2. The van der Waals surface area contributed by atoms with E-state index in [1.807, 2.05) is 30.3 Å². The Labute approximate surface area is 185 Å². The molecule has 0 aromatic heterocycles. The standard InChI is InChI=1S/C25H24F2N2O3/c1-18(30)29(16-19-6-3-2-4-7-19)13-12-25(31)28-22-10-11-24(23(27)15-22)32-17-20-8-5-9-21(26)14-20/h2-11,14-15H,12-13,16-17H2,1H3,(H,28,31). The molecular formula is C25H24F2N2O3. The smallest absolute Gasteiger partial charge is 0.226 e. The number of benzene rings is 3. The Balaban J connectivity index is 1.51. The average Bonchev–Trinajstić information content (AvgIpc) is 2.76. The molecule has 0 saturated heterocycles. The number of rotatable bonds is 9. The fourth-order valence-corrected chi connectivity index (χ4v) is 3.10. The Morgan fingerprint density at radius 2 is 1.69 bits per heavy atom. The highest BCUT2D eigenvalue weighted by Gasteiger charge is 2.13. The van der Waals surface area contributed by atoms with Crippen LogP contribution in [0.1, 0.15) is 24.5 Å². The van der Waals surface area contributed by atoms with Gasteiger partial charge < -0.3 is 15.0 Å². The summed E-state index contributed by atoms with van der Waals surface area (Å²) in [5, 5.41) is 2.63. The lowest BCUT2D eigenvalue weighted by atomic mass is 10.2. The molecule has 5 nitrogen and oxygen atoms in total. The van der Waals surface area contributed by atoms with Crippen LogP contribution in [0, 0.1) is 11.6 Å². The average molecular weight is 438 g/mol. The van der Waals surface area contributed by atoms with Crippen molar-refractivity contribution in [3.63, 3.8) is 0 Å². The van der Waals surface area contributed by atoms with Crippen LogP contribution in [0.3, 0.4) is 0 Å². The molecule has 2 amide bonds. The first kappa shape index (κ1) is 22.9. The number of ether oxygens (including phenoxy) is 1. The topological polar surface area (TPSA) is 58.6 Å². The van der Waals surface area contributed by atoms with Crippen LogP contribution in [0.2, 0.25) is 0 Å². The van der Waals surface area contributed by atoms with Crippen LogP contribution < -0.4 is 10.1 Å². The summed E-state index contributed by atoms with van der Waals surface area (Å²) in [4.78, 5) is 25.8. The molecule has 0 spiro atoms. The number of halogens is 2. The number of anilines is 1. The molecule has 0 fully saturated rings. The van der Waals surface area contributed by atoms with Crippen LogP contribution in [0.4, 0.5) is 14.5 Å². The van der Waals surface area contributed by atoms with Gasteiger partial charge >= 0.3 is 0 Å². The molecule has 0 atom stereocenters. The van der Waals surface area contributed by atoms with E-state index in [1.54, 1.807) is 17.0 Å². The summed E-state index contributed by atoms with van der Waals surface area (Å²) in [6, 6.07) is 19.4. The van der Waals surface area contributed by atoms with Crippen LogP contribution >= 0.6 is 0 Å². The van der Waals surface area contributed by atoms with E-state index in [0.717, 1.165) is 11.6 Å². The Morgan fingerprint density at radius 3 is 2.38 bits per heavy atom. The quantitative estimate of drug-likeness (QED) is 0.516. The Hall–Kier alpha value is -3.74. The van der Waals surface area contributed by atoms with Crippen molar-refractivity contribution in [1.82, 2.24) is 4.90 Å². The second kappa shape index (κ2) is 11.0. The normalized spacial score (nSPS) is 10.5. The van der Waals surface area contributed by atoms with Crippen LogP contribution in [0.5, 0.6) is 5.75 Å². The molecule has 3 aromatic carbocycles. The zero-order valence-electron chi connectivity index (χ0n) is 17.7. The Morgan fingerprint density at radius 1 is 0.938 bits per heavy atom. The third-order valence-corrected chi connectivity index (χ3v) is 4.77. The van der Waals surface area contributed by atoms with Crippen molar-refractivity contribution in [2.45, 2.75) is 26.5 Å². The SMILES string of the molecule is CC(=O)N(CCC(=O)Nc1ccc(OCc2cccc(F)c2)c(F)c1)Cc1ccccc1. The van der Waals surface area contributed by atoms with Crippen molar-refractivity contribution in [1.29, 1.82) is 0 Å². The van der Waals surface area contributed by atoms with Gasteiger partial charge in [-0.1, -0.05) is 42.5 Å². The highest BCUT2D eigenvalue weighted by atomic mass is 19.1. The number of amides is 2. The van der Waals surface area contributed by atoms with Crippen LogP contribution in [0.15, 0.2) is 72.8 Å². The minimum Gasteiger partial charge on any atom is -0.486 e. The third kappa shape index (κ3) is 6.91. The van der Waals surface area contributed by atoms with Gasteiger partial charge in [-0.05, 0) is 35.4 Å². The largest absolute Gasteiger partial charge is 0.486 e. The second-order valence-corrected chi connectivity index (χ2v) is 7.29. The van der Waals surface area contributed by atoms with Crippen molar-refractivity contribution in [3.8, 4) is 5.75 Å². The maximum Gasteiger partial charge on any atom is 0.226 e. The van der Waals surface area contributed by atoms with Gasteiger partial charge in [0.05, 0.1) is 0 Å². The number of hydrogen-bond acceptors (Lipinski definition) is 3. The molecule has 0 aliphatic carbocycles. The molecule has 0 aliphatic rings. The summed E-state index contributed by atoms with van der Waals surface area (Å²) in [6.07, 6.45) is 0.0753. The predicted octanol–water partition coefficient (Wildman–Crippen LogP) is 4.92. The Bertz CT molecular complexity index is 1070. The fourth-order valence-electron chi connectivity index (χ4n) is 3.10. The van der Waals surface area contributed by atoms with Gasteiger partial charge in [0.25, 0.3) is 0 Å². The molecular weight excluding hydrogens is 414 g/mol. The first-order chi connectivity index (χ1) is 15.4. The summed E-state index contributed by atoms with van der Waals surface area (Å²) in [5.74, 6) is -1.51. The van der Waals surface area contributed by atoms with E-state index in [9.17, 15) is 18.4 Å². The summed E-state index contributed by atoms with van der Waals surface area (Å²) >= 11 is 0. The maximum absolute atomic E-state index is 14.3. The monoisotopic (exact) mass is 438 g/mol. The van der Waals surface area contributed by atoms with Crippen molar-refractivity contribution >= 4 is 17.5 Å². The number of nitrogens with zero attached hydrogens (tertiary/aromatic N) is 1. The summed E-state index contributed by atoms with van der Waals surface area (Å²) in [6.45, 7) is 2.13. The van der Waals surface area contributed by atoms with E-state index in [0.29, 0.717) is 12.1 Å². The summed E-state index contributed by atoms with van der Waals surface area (Å²) in [5.41, 5.74) is 1.83. The molecule has 3 rings (SSSR count). The molecule has 0 bridgehead atoms. The van der Waals surface area contributed by atoms with Crippen molar-refractivity contribution in [3.05, 3.63) is 95.6 Å². The highest BCUT2D eigenvalue weighted by Crippen LogP contribution is 2.22. The lowest BCUT2D eigenvalue weighted by molar-refractivity contribution is -0.129. The second-order valence-electron chi connectivity index (χ2n) is 7.29. The number of carbonyl (C=O) groups excluding carboxylic acids is 2. The minimum atomic E-state index is -0.645. The van der Waals surface area contributed by atoms with Crippen molar-refractivity contribution < 1.29 is 23.1 Å². The van der Waals surface area contributed by atoms with Gasteiger partial charge in [-0.3, -0.25) is 9.59 Å². The molecule has 3 aromatic rings. The molecule has 32 heavy (non-hydrogen) atoms. The number of carbonyl (C=O) groups is 2. The lowest BCUT2D eigenvalue weighted by Crippen LogP contribution is -2.31. The molecule has 0 unspecified atom stereocenters. The van der Waals surface area contributed by atoms with Crippen LogP contribution in [-0.2, 0) is 22.7 Å². The molecule has 0 saturated carbocycles. The Kier molecular flexibility index (Phi) is 7.91. The third-order valence-electron chi connectivity index (χ3n) is 4.77. The molecule has 0 radical (unpaired) electrons. The van der Waals surface area contributed by atoms with Gasteiger partial charge in [0, 0.05) is 38.2 Å². The van der Waals surface area contributed by atoms with Gasteiger partial charge in [0.15, 0.2) is 11.6 Å². The maximum atomic E-state index is 14.3. The van der Waals surface area contributed by atoms with Gasteiger partial charge in [-0.25, -0.2) is 8.78 Å².